The van der Waals surface area contributed by atoms with E-state index in [1.54, 1.807) is 44.4 Å². The number of hydrogen-bond acceptors (Lipinski definition) is 18. The predicted octanol–water partition coefficient (Wildman–Crippen LogP) is 15.0. The number of ether oxygens (including phenoxy) is 1. The molecule has 7 aromatic heterocycles. The highest BCUT2D eigenvalue weighted by Gasteiger charge is 2.60. The van der Waals surface area contributed by atoms with Crippen molar-refractivity contribution in [1.82, 2.24) is 40.2 Å². The lowest BCUT2D eigenvalue weighted by Gasteiger charge is -2.41. The van der Waals surface area contributed by atoms with Crippen LogP contribution in [-0.4, -0.2) is 106 Å². The van der Waals surface area contributed by atoms with Gasteiger partial charge in [-0.3, -0.25) is 33.9 Å². The van der Waals surface area contributed by atoms with Crippen LogP contribution in [-0.2, 0) is 47.6 Å². The molecule has 5 amide bonds. The third-order valence-electron chi connectivity index (χ3n) is 16.1. The Bertz CT molecular complexity index is 4480. The van der Waals surface area contributed by atoms with Crippen LogP contribution < -0.4 is 42.1 Å². The molecule has 11 heterocycles. The summed E-state index contributed by atoms with van der Waals surface area (Å²) < 4.78 is 120. The molecule has 3 aliphatic carbocycles. The first-order valence-corrected chi connectivity index (χ1v) is 34.4. The first kappa shape index (κ1) is 75.0. The second-order valence-corrected chi connectivity index (χ2v) is 29.6. The Kier molecular flexibility index (Phi) is 22.3. The van der Waals surface area contributed by atoms with Crippen LogP contribution in [0, 0.1) is 0 Å². The molecule has 0 spiro atoms. The first-order valence-electron chi connectivity index (χ1n) is 30.0. The van der Waals surface area contributed by atoms with Crippen LogP contribution >= 0.6 is 99.0 Å². The van der Waals surface area contributed by atoms with Crippen LogP contribution in [0.25, 0.3) is 20.4 Å². The summed E-state index contributed by atoms with van der Waals surface area (Å²) in [6.45, 7) is 5.26. The molecule has 3 fully saturated rings. The van der Waals surface area contributed by atoms with E-state index in [9.17, 15) is 59.1 Å². The number of nitrogens with one attached hydrogen (secondary N) is 3. The van der Waals surface area contributed by atoms with Crippen molar-refractivity contribution in [2.24, 2.45) is 5.73 Å². The van der Waals surface area contributed by atoms with Gasteiger partial charge in [0.15, 0.2) is 9.60 Å². The molecule has 0 radical (unpaired) electrons. The smallest absolute Gasteiger partial charge is 0.407 e. The fourth-order valence-electron chi connectivity index (χ4n) is 11.2. The summed E-state index contributed by atoms with van der Waals surface area (Å²) in [4.78, 5) is 89.9. The number of anilines is 6. The van der Waals surface area contributed by atoms with Crippen LogP contribution in [0.5, 0.6) is 0 Å². The third-order valence-corrected chi connectivity index (χ3v) is 19.6. The Morgan fingerprint density at radius 3 is 1.56 bits per heavy atom. The Hall–Kier alpha value is -7.67. The highest BCUT2D eigenvalue weighted by molar-refractivity contribution is 9.11. The van der Waals surface area contributed by atoms with Gasteiger partial charge in [0, 0.05) is 80.7 Å². The fourth-order valence-corrected chi connectivity index (χ4v) is 14.1. The molecule has 7 N–H and O–H groups in total. The summed E-state index contributed by atoms with van der Waals surface area (Å²) in [7, 11) is 0. The Balaban J connectivity index is 0.000000135. The zero-order valence-electron chi connectivity index (χ0n) is 52.2. The molecule has 0 saturated heterocycles. The van der Waals surface area contributed by atoms with Crippen molar-refractivity contribution < 1.29 is 63.8 Å². The lowest BCUT2D eigenvalue weighted by molar-refractivity contribution is -0.142. The van der Waals surface area contributed by atoms with Gasteiger partial charge >= 0.3 is 53.4 Å². The second kappa shape index (κ2) is 29.7. The number of alkyl carbamates (subject to hydrolysis) is 1. The standard InChI is InChI=1S/C18H14F2N4OS.C16H18BrF2N3O3.C11H11F2N3O.C7H3BrF2N2O.C7H4ClNS.C5H5BrN2.BrH/c19-18(20)12-4-3-7-21-15(12)24(16(18)25)11-8-10(9-11)22-17-23-13-5-1-2-6-14(13)26-17;1-15(2,3)25-14(24)21-9-5-10(6-9)22-12-11(4-8(17)7-20-12)16(18,19)13(22)23;12-11(13)8-2-1-3-15-9(8)16(10(11)17)7-4-6(14)5-7;8-3-1-4-5(11-2-3)12-6(13)7(4,9)10;8-7-9-5-3-1-2-4-6(5)10-7;6-4-1-2-5(7)8-3-4;/h1-7,10-11H,8-9H2,(H,22,23);4,7,9-10H,5-6H2,1-3H3,(H,21,24);1-3,6-7H,4-5,14H2;1-2H,(H,11,12,13);1-4H;1-3H,(H2,7,8);1H. The normalized spacial score (nSPS) is 21.6. The van der Waals surface area contributed by atoms with Gasteiger partial charge in [-0.15, -0.1) is 28.3 Å². The zero-order valence-corrected chi connectivity index (χ0v) is 61.0. The molecule has 526 valence electrons. The topological polar surface area (TPSA) is 283 Å². The van der Waals surface area contributed by atoms with Crippen LogP contribution in [0.4, 0.5) is 74.1 Å². The third kappa shape index (κ3) is 15.8. The molecule has 21 nitrogen and oxygen atoms in total. The molecular weight excluding hydrogens is 1650 g/mol. The number of thiazole rings is 2. The number of aromatic nitrogens is 7. The minimum absolute atomic E-state index is 0. The van der Waals surface area contributed by atoms with Gasteiger partial charge in [0.2, 0.25) is 0 Å². The predicted molar refractivity (Wildman–Crippen MR) is 378 cm³/mol. The number of nitrogens with two attached hydrogens (primary N) is 2. The lowest BCUT2D eigenvalue weighted by Crippen LogP contribution is -2.56. The minimum Gasteiger partial charge on any atom is -0.444 e. The molecular formula is C64H56Br4ClF8N15O6S2. The second-order valence-electron chi connectivity index (χ2n) is 24.2. The number of benzene rings is 2. The van der Waals surface area contributed by atoms with E-state index in [1.165, 1.54) is 77.4 Å². The number of amides is 5. The van der Waals surface area contributed by atoms with Crippen molar-refractivity contribution in [2.75, 3.05) is 31.1 Å². The maximum absolute atomic E-state index is 14.2. The van der Waals surface area contributed by atoms with Crippen molar-refractivity contribution in [3.05, 3.63) is 168 Å². The van der Waals surface area contributed by atoms with Gasteiger partial charge in [-0.25, -0.2) is 39.7 Å². The van der Waals surface area contributed by atoms with Crippen molar-refractivity contribution in [2.45, 2.75) is 125 Å². The number of carbonyl (C=O) groups excluding carboxylic acids is 5. The largest absolute Gasteiger partial charge is 0.444 e. The van der Waals surface area contributed by atoms with E-state index in [0.29, 0.717) is 57.8 Å². The van der Waals surface area contributed by atoms with Gasteiger partial charge < -0.3 is 32.2 Å². The quantitative estimate of drug-likeness (QED) is 0.0967. The van der Waals surface area contributed by atoms with E-state index < -0.39 is 70.6 Å². The van der Waals surface area contributed by atoms with Crippen LogP contribution in [0.15, 0.2) is 141 Å². The van der Waals surface area contributed by atoms with Gasteiger partial charge in [0.25, 0.3) is 0 Å². The summed E-state index contributed by atoms with van der Waals surface area (Å²) in [5.41, 5.74) is 10.8. The highest BCUT2D eigenvalue weighted by atomic mass is 79.9. The van der Waals surface area contributed by atoms with E-state index >= 15 is 0 Å². The van der Waals surface area contributed by atoms with Gasteiger partial charge in [-0.1, -0.05) is 47.2 Å². The first-order chi connectivity index (χ1) is 46.7. The van der Waals surface area contributed by atoms with Crippen molar-refractivity contribution >= 4 is 183 Å². The molecule has 2 aromatic carbocycles. The highest BCUT2D eigenvalue weighted by Crippen LogP contribution is 2.50. The molecule has 100 heavy (non-hydrogen) atoms. The zero-order chi connectivity index (χ0) is 71.3. The van der Waals surface area contributed by atoms with Crippen LogP contribution in [0.3, 0.4) is 0 Å². The molecule has 4 aliphatic heterocycles. The summed E-state index contributed by atoms with van der Waals surface area (Å²) in [5, 5.41) is 8.83. The number of carbonyl (C=O) groups is 5. The van der Waals surface area contributed by atoms with E-state index in [1.807, 2.05) is 59.9 Å². The lowest BCUT2D eigenvalue weighted by atomic mass is 9.85. The van der Waals surface area contributed by atoms with E-state index in [4.69, 9.17) is 27.8 Å². The summed E-state index contributed by atoms with van der Waals surface area (Å²) in [5.74, 6) is -18.3. The van der Waals surface area contributed by atoms with Crippen LogP contribution in [0.2, 0.25) is 4.47 Å². The number of alkyl halides is 8. The molecule has 36 heteroatoms. The molecule has 16 rings (SSSR count). The number of pyridine rings is 5. The molecule has 3 saturated carbocycles. The number of nitrogens with zero attached hydrogens (tertiary/aromatic N) is 10. The average molecular weight is 1700 g/mol. The van der Waals surface area contributed by atoms with Crippen molar-refractivity contribution in [3.63, 3.8) is 0 Å². The minimum atomic E-state index is -3.59. The Morgan fingerprint density at radius 2 is 1.06 bits per heavy atom. The number of nitrogen functional groups attached to an aromatic ring is 1. The number of hydrogen-bond donors (Lipinski definition) is 5. The van der Waals surface area contributed by atoms with E-state index in [2.05, 4.69) is 93.3 Å². The van der Waals surface area contributed by atoms with Crippen LogP contribution in [0.1, 0.15) is 81.5 Å². The summed E-state index contributed by atoms with van der Waals surface area (Å²) in [6.07, 6.45) is 9.73. The van der Waals surface area contributed by atoms with Gasteiger partial charge in [-0.2, -0.15) is 35.1 Å². The summed E-state index contributed by atoms with van der Waals surface area (Å²) >= 11 is 18.1. The van der Waals surface area contributed by atoms with E-state index in [-0.39, 0.29) is 87.2 Å². The SMILES string of the molecule is Br.CC(C)(C)OC(=O)NC1CC(N2C(=O)C(F)(F)c3cc(Br)cnc32)C1.Clc1nc2ccccc2s1.NC1CC(N2C(=O)C(F)(F)c3cccnc32)C1.Nc1ccc(Br)cn1.O=C1N(C2CC(Nc3nc4ccccc4s3)C2)c2ncccc2C1(F)F.O=C1Nc2ncc(Br)cc2C1(F)F. The molecule has 0 atom stereocenters. The van der Waals surface area contributed by atoms with E-state index in [0.717, 1.165) is 39.8 Å². The molecule has 0 unspecified atom stereocenters. The molecule has 9 aromatic rings. The maximum atomic E-state index is 14.2. The Morgan fingerprint density at radius 1 is 0.590 bits per heavy atom. The maximum Gasteiger partial charge on any atom is 0.407 e. The summed E-state index contributed by atoms with van der Waals surface area (Å²) in [6, 6.07) is 26.1. The Labute approximate surface area is 612 Å². The number of para-hydroxylation sites is 2. The average Bonchev–Trinajstić information content (AvgIpc) is 1.59. The number of fused-ring (bicyclic) bond motifs is 6. The fraction of sp³-hybridized carbons (Fsp3) is 0.312. The van der Waals surface area contributed by atoms with Crippen molar-refractivity contribution in [3.8, 4) is 0 Å². The van der Waals surface area contributed by atoms with Gasteiger partial charge in [0.05, 0.1) is 42.7 Å². The van der Waals surface area contributed by atoms with Gasteiger partial charge in [0.1, 0.15) is 34.7 Å². The van der Waals surface area contributed by atoms with Gasteiger partial charge in [-0.05, 0) is 180 Å². The number of rotatable bonds is 6. The number of halogens is 13. The molecule has 7 aliphatic rings. The monoisotopic (exact) mass is 1700 g/mol. The van der Waals surface area contributed by atoms with Crippen molar-refractivity contribution in [1.29, 1.82) is 0 Å². The molecule has 0 bridgehead atoms.